The third-order valence-corrected chi connectivity index (χ3v) is 4.82. The van der Waals surface area contributed by atoms with Crippen LogP contribution >= 0.6 is 11.6 Å². The molecule has 0 aliphatic carbocycles. The molecule has 1 aliphatic heterocycles. The van der Waals surface area contributed by atoms with Gasteiger partial charge in [-0.15, -0.1) is 0 Å². The predicted molar refractivity (Wildman–Crippen MR) is 97.7 cm³/mol. The molecule has 25 heavy (non-hydrogen) atoms. The van der Waals surface area contributed by atoms with Crippen LogP contribution in [0.3, 0.4) is 0 Å². The molecule has 1 fully saturated rings. The fourth-order valence-electron chi connectivity index (χ4n) is 3.06. The van der Waals surface area contributed by atoms with E-state index in [9.17, 15) is 10.1 Å². The molecule has 2 aromatic rings. The summed E-state index contributed by atoms with van der Waals surface area (Å²) in [5.74, 6) is 1.03. The lowest BCUT2D eigenvalue weighted by atomic mass is 9.96. The molecule has 1 saturated heterocycles. The highest BCUT2D eigenvalue weighted by molar-refractivity contribution is 6.33. The predicted octanol–water partition coefficient (Wildman–Crippen LogP) is 3.25. The number of halogens is 1. The summed E-state index contributed by atoms with van der Waals surface area (Å²) in [4.78, 5) is 18.7. The van der Waals surface area contributed by atoms with Crippen molar-refractivity contribution in [2.24, 2.45) is 5.92 Å². The van der Waals surface area contributed by atoms with Gasteiger partial charge in [0.15, 0.2) is 0 Å². The average molecular weight is 355 g/mol. The van der Waals surface area contributed by atoms with E-state index < -0.39 is 0 Å². The first-order valence-corrected chi connectivity index (χ1v) is 8.69. The highest BCUT2D eigenvalue weighted by atomic mass is 35.5. The first kappa shape index (κ1) is 17.2. The van der Waals surface area contributed by atoms with E-state index in [2.05, 4.69) is 21.3 Å². The summed E-state index contributed by atoms with van der Waals surface area (Å²) in [6, 6.07) is 12.8. The number of benzene rings is 1. The highest BCUT2D eigenvalue weighted by Crippen LogP contribution is 2.24. The van der Waals surface area contributed by atoms with Crippen LogP contribution in [0, 0.1) is 17.2 Å². The van der Waals surface area contributed by atoms with Crippen LogP contribution in [0.1, 0.15) is 28.8 Å². The van der Waals surface area contributed by atoms with E-state index in [1.807, 2.05) is 6.07 Å². The number of nitrogens with one attached hydrogen (secondary N) is 1. The summed E-state index contributed by atoms with van der Waals surface area (Å²) >= 11 is 6.06. The number of hydrogen-bond donors (Lipinski definition) is 1. The van der Waals surface area contributed by atoms with Crippen LogP contribution in [0.25, 0.3) is 0 Å². The van der Waals surface area contributed by atoms with Crippen molar-refractivity contribution in [1.29, 1.82) is 5.26 Å². The Balaban J connectivity index is 1.52. The molecule has 0 atom stereocenters. The second-order valence-electron chi connectivity index (χ2n) is 6.11. The van der Waals surface area contributed by atoms with E-state index >= 15 is 0 Å². The van der Waals surface area contributed by atoms with Crippen LogP contribution in [0.2, 0.25) is 5.02 Å². The Kier molecular flexibility index (Phi) is 5.52. The quantitative estimate of drug-likeness (QED) is 0.915. The van der Waals surface area contributed by atoms with Crippen molar-refractivity contribution in [1.82, 2.24) is 10.3 Å². The van der Waals surface area contributed by atoms with Crippen LogP contribution < -0.4 is 10.2 Å². The average Bonchev–Trinajstić information content (AvgIpc) is 2.67. The maximum atomic E-state index is 12.2. The molecule has 3 rings (SSSR count). The summed E-state index contributed by atoms with van der Waals surface area (Å²) < 4.78 is 0. The van der Waals surface area contributed by atoms with Gasteiger partial charge >= 0.3 is 0 Å². The van der Waals surface area contributed by atoms with E-state index in [0.29, 0.717) is 28.6 Å². The number of nitriles is 1. The topological polar surface area (TPSA) is 69.0 Å². The van der Waals surface area contributed by atoms with Crippen LogP contribution in [-0.2, 0) is 0 Å². The Labute approximate surface area is 152 Å². The van der Waals surface area contributed by atoms with E-state index in [1.165, 1.54) is 0 Å². The highest BCUT2D eigenvalue weighted by Gasteiger charge is 2.22. The third-order valence-electron chi connectivity index (χ3n) is 4.49. The molecular formula is C19H19ClN4O. The van der Waals surface area contributed by atoms with Gasteiger partial charge in [0.05, 0.1) is 16.1 Å². The molecule has 0 bridgehead atoms. The van der Waals surface area contributed by atoms with Gasteiger partial charge < -0.3 is 10.2 Å². The second-order valence-corrected chi connectivity index (χ2v) is 6.51. The SMILES string of the molecule is N#Cc1cccnc1N1CCC(CNC(=O)c2ccccc2Cl)CC1. The lowest BCUT2D eigenvalue weighted by Gasteiger charge is -2.33. The van der Waals surface area contributed by atoms with Crippen molar-refractivity contribution in [3.8, 4) is 6.07 Å². The van der Waals surface area contributed by atoms with Gasteiger partial charge in [0, 0.05) is 25.8 Å². The molecular weight excluding hydrogens is 336 g/mol. The van der Waals surface area contributed by atoms with Crippen LogP contribution in [-0.4, -0.2) is 30.5 Å². The zero-order valence-electron chi connectivity index (χ0n) is 13.8. The standard InChI is InChI=1S/C19H19ClN4O/c20-17-6-2-1-5-16(17)19(25)23-13-14-7-10-24(11-8-14)18-15(12-21)4-3-9-22-18/h1-6,9,14H,7-8,10-11,13H2,(H,23,25). The molecule has 1 aromatic carbocycles. The molecule has 0 saturated carbocycles. The summed E-state index contributed by atoms with van der Waals surface area (Å²) in [5.41, 5.74) is 1.11. The third kappa shape index (κ3) is 4.09. The first-order chi connectivity index (χ1) is 12.2. The van der Waals surface area contributed by atoms with Crippen molar-refractivity contribution >= 4 is 23.3 Å². The molecule has 6 heteroatoms. The number of pyridine rings is 1. The summed E-state index contributed by atoms with van der Waals surface area (Å²) in [5, 5.41) is 12.6. The Morgan fingerprint density at radius 2 is 2.04 bits per heavy atom. The number of carbonyl (C=O) groups is 1. The molecule has 1 aromatic heterocycles. The van der Waals surface area contributed by atoms with Crippen molar-refractivity contribution in [3.05, 3.63) is 58.7 Å². The van der Waals surface area contributed by atoms with E-state index in [1.54, 1.807) is 36.5 Å². The molecule has 0 unspecified atom stereocenters. The normalized spacial score (nSPS) is 14.8. The number of aromatic nitrogens is 1. The molecule has 1 aliphatic rings. The van der Waals surface area contributed by atoms with Gasteiger partial charge in [-0.05, 0) is 43.0 Å². The second kappa shape index (κ2) is 8.00. The Bertz CT molecular complexity index is 794. The van der Waals surface area contributed by atoms with E-state index in [0.717, 1.165) is 31.7 Å². The number of hydrogen-bond acceptors (Lipinski definition) is 4. The van der Waals surface area contributed by atoms with Gasteiger partial charge in [0.2, 0.25) is 0 Å². The Morgan fingerprint density at radius 1 is 1.28 bits per heavy atom. The van der Waals surface area contributed by atoms with Gasteiger partial charge in [0.1, 0.15) is 11.9 Å². The number of nitrogens with zero attached hydrogens (tertiary/aromatic N) is 3. The minimum atomic E-state index is -0.135. The first-order valence-electron chi connectivity index (χ1n) is 8.32. The van der Waals surface area contributed by atoms with Crippen LogP contribution in [0.5, 0.6) is 0 Å². The van der Waals surface area contributed by atoms with Gasteiger partial charge in [-0.1, -0.05) is 23.7 Å². The zero-order valence-corrected chi connectivity index (χ0v) is 14.5. The van der Waals surface area contributed by atoms with E-state index in [4.69, 9.17) is 11.6 Å². The molecule has 1 amide bonds. The van der Waals surface area contributed by atoms with Gasteiger partial charge in [-0.3, -0.25) is 4.79 Å². The van der Waals surface area contributed by atoms with Crippen molar-refractivity contribution in [3.63, 3.8) is 0 Å². The molecule has 0 radical (unpaired) electrons. The van der Waals surface area contributed by atoms with Crippen molar-refractivity contribution in [2.75, 3.05) is 24.5 Å². The van der Waals surface area contributed by atoms with Crippen LogP contribution in [0.4, 0.5) is 5.82 Å². The minimum Gasteiger partial charge on any atom is -0.356 e. The minimum absolute atomic E-state index is 0.135. The van der Waals surface area contributed by atoms with E-state index in [-0.39, 0.29) is 5.91 Å². The zero-order chi connectivity index (χ0) is 17.6. The lowest BCUT2D eigenvalue weighted by molar-refractivity contribution is 0.0945. The lowest BCUT2D eigenvalue weighted by Crippen LogP contribution is -2.39. The molecule has 1 N–H and O–H groups in total. The monoisotopic (exact) mass is 354 g/mol. The Morgan fingerprint density at radius 3 is 2.76 bits per heavy atom. The van der Waals surface area contributed by atoms with Gasteiger partial charge in [-0.25, -0.2) is 4.98 Å². The number of piperidine rings is 1. The maximum Gasteiger partial charge on any atom is 0.252 e. The van der Waals surface area contributed by atoms with Gasteiger partial charge in [0.25, 0.3) is 5.91 Å². The number of rotatable bonds is 4. The fraction of sp³-hybridized carbons (Fsp3) is 0.316. The molecule has 128 valence electrons. The summed E-state index contributed by atoms with van der Waals surface area (Å²) in [6.45, 7) is 2.29. The largest absolute Gasteiger partial charge is 0.356 e. The van der Waals surface area contributed by atoms with Crippen LogP contribution in [0.15, 0.2) is 42.6 Å². The smallest absolute Gasteiger partial charge is 0.252 e. The number of anilines is 1. The van der Waals surface area contributed by atoms with Crippen molar-refractivity contribution in [2.45, 2.75) is 12.8 Å². The number of amides is 1. The molecule has 5 nitrogen and oxygen atoms in total. The molecule has 2 heterocycles. The maximum absolute atomic E-state index is 12.2. The van der Waals surface area contributed by atoms with Gasteiger partial charge in [-0.2, -0.15) is 5.26 Å². The Hall–Kier alpha value is -2.58. The fourth-order valence-corrected chi connectivity index (χ4v) is 3.28. The molecule has 0 spiro atoms. The summed E-state index contributed by atoms with van der Waals surface area (Å²) in [7, 11) is 0. The van der Waals surface area contributed by atoms with Crippen molar-refractivity contribution < 1.29 is 4.79 Å². The summed E-state index contributed by atoms with van der Waals surface area (Å²) in [6.07, 6.45) is 3.61. The number of carbonyl (C=O) groups excluding carboxylic acids is 1.